The summed E-state index contributed by atoms with van der Waals surface area (Å²) in [6, 6.07) is 11.2. The Morgan fingerprint density at radius 3 is 2.63 bits per heavy atom. The summed E-state index contributed by atoms with van der Waals surface area (Å²) in [5.74, 6) is -0.942. The molecule has 19 heavy (non-hydrogen) atoms. The van der Waals surface area contributed by atoms with Crippen molar-refractivity contribution in [2.75, 3.05) is 0 Å². The highest BCUT2D eigenvalue weighted by molar-refractivity contribution is 5.88. The Bertz CT molecular complexity index is 757. The van der Waals surface area contributed by atoms with Crippen molar-refractivity contribution in [1.82, 2.24) is 9.38 Å². The molecule has 0 spiro atoms. The van der Waals surface area contributed by atoms with Crippen LogP contribution in [0.15, 0.2) is 48.8 Å². The summed E-state index contributed by atoms with van der Waals surface area (Å²) in [7, 11) is 0. The third-order valence-electron chi connectivity index (χ3n) is 3.05. The fraction of sp³-hybridized carbons (Fsp3) is 0.0667. The molecule has 0 saturated heterocycles. The molecule has 2 heterocycles. The largest absolute Gasteiger partial charge is 0.478 e. The van der Waals surface area contributed by atoms with Gasteiger partial charge >= 0.3 is 5.97 Å². The molecule has 94 valence electrons. The molecule has 1 aromatic carbocycles. The van der Waals surface area contributed by atoms with Gasteiger partial charge in [0.05, 0.1) is 11.3 Å². The summed E-state index contributed by atoms with van der Waals surface area (Å²) in [6.45, 7) is 2.03. The van der Waals surface area contributed by atoms with Gasteiger partial charge in [0.2, 0.25) is 0 Å². The van der Waals surface area contributed by atoms with Crippen LogP contribution in [-0.2, 0) is 0 Å². The number of hydrogen-bond acceptors (Lipinski definition) is 2. The van der Waals surface area contributed by atoms with Crippen molar-refractivity contribution in [3.8, 4) is 11.3 Å². The fourth-order valence-corrected chi connectivity index (χ4v) is 1.98. The van der Waals surface area contributed by atoms with Crippen LogP contribution < -0.4 is 0 Å². The smallest absolute Gasteiger partial charge is 0.335 e. The Morgan fingerprint density at radius 1 is 1.21 bits per heavy atom. The molecule has 0 saturated carbocycles. The maximum Gasteiger partial charge on any atom is 0.335 e. The minimum atomic E-state index is -0.942. The van der Waals surface area contributed by atoms with Crippen molar-refractivity contribution in [2.24, 2.45) is 0 Å². The van der Waals surface area contributed by atoms with Crippen molar-refractivity contribution >= 4 is 11.6 Å². The van der Waals surface area contributed by atoms with E-state index in [1.165, 1.54) is 5.56 Å². The number of aromatic carboxylic acids is 1. The number of fused-ring (bicyclic) bond motifs is 1. The van der Waals surface area contributed by atoms with Crippen LogP contribution in [0.2, 0.25) is 0 Å². The van der Waals surface area contributed by atoms with E-state index < -0.39 is 5.97 Å². The Labute approximate surface area is 110 Å². The summed E-state index contributed by atoms with van der Waals surface area (Å²) < 4.78 is 1.82. The first kappa shape index (κ1) is 11.5. The number of nitrogens with zero attached hydrogens (tertiary/aromatic N) is 2. The van der Waals surface area contributed by atoms with Crippen molar-refractivity contribution < 1.29 is 9.90 Å². The topological polar surface area (TPSA) is 54.6 Å². The minimum absolute atomic E-state index is 0.244. The van der Waals surface area contributed by atoms with Crippen LogP contribution >= 0.6 is 0 Å². The summed E-state index contributed by atoms with van der Waals surface area (Å²) in [5, 5.41) is 8.96. The number of carbonyl (C=O) groups is 1. The average molecular weight is 252 g/mol. The predicted molar refractivity (Wildman–Crippen MR) is 72.3 cm³/mol. The third kappa shape index (κ3) is 2.08. The number of aromatic nitrogens is 2. The van der Waals surface area contributed by atoms with Crippen molar-refractivity contribution in [2.45, 2.75) is 6.92 Å². The van der Waals surface area contributed by atoms with Gasteiger partial charge in [-0.3, -0.25) is 0 Å². The maximum absolute atomic E-state index is 10.9. The molecule has 0 aliphatic heterocycles. The molecule has 0 fully saturated rings. The van der Waals surface area contributed by atoms with E-state index in [-0.39, 0.29) is 5.56 Å². The number of benzene rings is 1. The lowest BCUT2D eigenvalue weighted by atomic mass is 10.1. The third-order valence-corrected chi connectivity index (χ3v) is 3.05. The number of carboxylic acid groups (broad SMARTS) is 1. The molecule has 0 unspecified atom stereocenters. The second-order valence-corrected chi connectivity index (χ2v) is 4.48. The summed E-state index contributed by atoms with van der Waals surface area (Å²) in [4.78, 5) is 15.4. The van der Waals surface area contributed by atoms with Gasteiger partial charge in [-0.15, -0.1) is 0 Å². The summed E-state index contributed by atoms with van der Waals surface area (Å²) in [6.07, 6.45) is 3.61. The Balaban J connectivity index is 2.11. The second-order valence-electron chi connectivity index (χ2n) is 4.48. The molecule has 0 radical (unpaired) electrons. The van der Waals surface area contributed by atoms with Gasteiger partial charge in [-0.25, -0.2) is 9.78 Å². The van der Waals surface area contributed by atoms with E-state index in [0.29, 0.717) is 5.65 Å². The molecular weight excluding hydrogens is 240 g/mol. The molecular formula is C15H12N2O2. The minimum Gasteiger partial charge on any atom is -0.478 e. The van der Waals surface area contributed by atoms with E-state index in [1.807, 2.05) is 41.8 Å². The molecule has 0 atom stereocenters. The van der Waals surface area contributed by atoms with Gasteiger partial charge in [-0.2, -0.15) is 0 Å². The summed E-state index contributed by atoms with van der Waals surface area (Å²) >= 11 is 0. The molecule has 0 aliphatic carbocycles. The van der Waals surface area contributed by atoms with E-state index in [9.17, 15) is 4.79 Å². The van der Waals surface area contributed by atoms with Gasteiger partial charge in [-0.1, -0.05) is 29.8 Å². The van der Waals surface area contributed by atoms with Crippen LogP contribution in [0.4, 0.5) is 0 Å². The molecule has 3 rings (SSSR count). The van der Waals surface area contributed by atoms with E-state index in [2.05, 4.69) is 4.98 Å². The standard InChI is InChI=1S/C15H12N2O2/c1-10-2-4-11(5-3-10)13-9-17-7-6-12(15(18)19)8-14(17)16-13/h2-9H,1H3,(H,18,19). The molecule has 2 aromatic heterocycles. The van der Waals surface area contributed by atoms with Gasteiger partial charge in [-0.05, 0) is 19.1 Å². The van der Waals surface area contributed by atoms with Crippen molar-refractivity contribution in [1.29, 1.82) is 0 Å². The van der Waals surface area contributed by atoms with Crippen LogP contribution in [0.25, 0.3) is 16.9 Å². The first-order valence-electron chi connectivity index (χ1n) is 5.92. The van der Waals surface area contributed by atoms with Gasteiger partial charge in [0.25, 0.3) is 0 Å². The quantitative estimate of drug-likeness (QED) is 0.762. The van der Waals surface area contributed by atoms with Gasteiger partial charge < -0.3 is 9.51 Å². The number of carboxylic acids is 1. The average Bonchev–Trinajstić information content (AvgIpc) is 2.82. The van der Waals surface area contributed by atoms with Crippen LogP contribution in [0, 0.1) is 6.92 Å². The van der Waals surface area contributed by atoms with Crippen molar-refractivity contribution in [3.05, 3.63) is 59.9 Å². The summed E-state index contributed by atoms with van der Waals surface area (Å²) in [5.41, 5.74) is 3.93. The predicted octanol–water partition coefficient (Wildman–Crippen LogP) is 3.01. The SMILES string of the molecule is Cc1ccc(-c2cn3ccc(C(=O)O)cc3n2)cc1. The number of rotatable bonds is 2. The lowest BCUT2D eigenvalue weighted by Crippen LogP contribution is -1.96. The first-order valence-corrected chi connectivity index (χ1v) is 5.92. The van der Waals surface area contributed by atoms with E-state index in [0.717, 1.165) is 11.3 Å². The number of pyridine rings is 1. The zero-order valence-electron chi connectivity index (χ0n) is 10.4. The molecule has 0 amide bonds. The molecule has 4 heteroatoms. The lowest BCUT2D eigenvalue weighted by molar-refractivity contribution is 0.0697. The first-order chi connectivity index (χ1) is 9.13. The van der Waals surface area contributed by atoms with Gasteiger partial charge in [0.1, 0.15) is 5.65 Å². The van der Waals surface area contributed by atoms with Crippen LogP contribution in [0.3, 0.4) is 0 Å². The highest BCUT2D eigenvalue weighted by Crippen LogP contribution is 2.20. The van der Waals surface area contributed by atoms with E-state index >= 15 is 0 Å². The molecule has 0 aliphatic rings. The van der Waals surface area contributed by atoms with Gasteiger partial charge in [0.15, 0.2) is 0 Å². The molecule has 4 nitrogen and oxygen atoms in total. The number of aryl methyl sites for hydroxylation is 1. The van der Waals surface area contributed by atoms with Crippen LogP contribution in [-0.4, -0.2) is 20.5 Å². The normalized spacial score (nSPS) is 10.8. The Kier molecular flexibility index (Phi) is 2.56. The zero-order valence-corrected chi connectivity index (χ0v) is 10.4. The zero-order chi connectivity index (χ0) is 13.4. The Morgan fingerprint density at radius 2 is 1.95 bits per heavy atom. The van der Waals surface area contributed by atoms with E-state index in [4.69, 9.17) is 5.11 Å². The second kappa shape index (κ2) is 4.24. The van der Waals surface area contributed by atoms with Gasteiger partial charge in [0, 0.05) is 18.0 Å². The molecule has 1 N–H and O–H groups in total. The molecule has 3 aromatic rings. The number of imidazole rings is 1. The lowest BCUT2D eigenvalue weighted by Gasteiger charge is -1.96. The van der Waals surface area contributed by atoms with E-state index in [1.54, 1.807) is 18.3 Å². The Hall–Kier alpha value is -2.62. The number of hydrogen-bond donors (Lipinski definition) is 1. The highest BCUT2D eigenvalue weighted by atomic mass is 16.4. The van der Waals surface area contributed by atoms with Crippen molar-refractivity contribution in [3.63, 3.8) is 0 Å². The van der Waals surface area contributed by atoms with Crippen LogP contribution in [0.5, 0.6) is 0 Å². The fourth-order valence-electron chi connectivity index (χ4n) is 1.98. The van der Waals surface area contributed by atoms with Crippen LogP contribution in [0.1, 0.15) is 15.9 Å². The highest BCUT2D eigenvalue weighted by Gasteiger charge is 2.07. The maximum atomic E-state index is 10.9. The monoisotopic (exact) mass is 252 g/mol. The molecule has 0 bridgehead atoms.